The van der Waals surface area contributed by atoms with E-state index in [2.05, 4.69) is 5.32 Å². The molecule has 0 saturated carbocycles. The van der Waals surface area contributed by atoms with Gasteiger partial charge in [-0.1, -0.05) is 55.0 Å². The summed E-state index contributed by atoms with van der Waals surface area (Å²) < 4.78 is 24.8. The number of sulfonamides is 1. The van der Waals surface area contributed by atoms with Crippen LogP contribution in [0.5, 0.6) is 0 Å². The van der Waals surface area contributed by atoms with Gasteiger partial charge in [0.2, 0.25) is 10.0 Å². The van der Waals surface area contributed by atoms with Crippen LogP contribution in [-0.2, 0) is 10.0 Å². The van der Waals surface area contributed by atoms with Crippen molar-refractivity contribution in [3.05, 3.63) is 65.7 Å². The van der Waals surface area contributed by atoms with Crippen LogP contribution in [-0.4, -0.2) is 49.5 Å². The molecule has 1 aromatic heterocycles. The van der Waals surface area contributed by atoms with Gasteiger partial charge in [0.05, 0.1) is 23.0 Å². The number of aromatic nitrogens is 1. The second-order valence-corrected chi connectivity index (χ2v) is 9.28. The summed E-state index contributed by atoms with van der Waals surface area (Å²) >= 11 is 0. The van der Waals surface area contributed by atoms with E-state index in [1.54, 1.807) is 6.92 Å². The van der Waals surface area contributed by atoms with Crippen molar-refractivity contribution in [2.75, 3.05) is 25.9 Å². The summed E-state index contributed by atoms with van der Waals surface area (Å²) in [5, 5.41) is 3.71. The average Bonchev–Trinajstić information content (AvgIpc) is 2.72. The first-order valence-corrected chi connectivity index (χ1v) is 11.8. The lowest BCUT2D eigenvalue weighted by atomic mass is 10.0. The first-order chi connectivity index (χ1) is 14.3. The van der Waals surface area contributed by atoms with E-state index in [-0.39, 0.29) is 5.91 Å². The second-order valence-electron chi connectivity index (χ2n) is 7.30. The molecule has 2 aromatic carbocycles. The molecule has 0 radical (unpaired) electrons. The Labute approximate surface area is 178 Å². The summed E-state index contributed by atoms with van der Waals surface area (Å²) in [7, 11) is -3.22. The van der Waals surface area contributed by atoms with E-state index >= 15 is 0 Å². The number of nitrogens with one attached hydrogen (secondary N) is 1. The number of para-hydroxylation sites is 1. The van der Waals surface area contributed by atoms with Crippen LogP contribution in [0.25, 0.3) is 22.2 Å². The molecular weight excluding hydrogens is 398 g/mol. The smallest absolute Gasteiger partial charge is 0.252 e. The van der Waals surface area contributed by atoms with Gasteiger partial charge in [-0.3, -0.25) is 4.79 Å². The molecule has 1 amide bonds. The molecule has 7 heteroatoms. The third-order valence-corrected chi connectivity index (χ3v) is 6.38. The van der Waals surface area contributed by atoms with Crippen molar-refractivity contribution in [2.24, 2.45) is 0 Å². The molecule has 0 bridgehead atoms. The van der Waals surface area contributed by atoms with Crippen molar-refractivity contribution < 1.29 is 13.2 Å². The van der Waals surface area contributed by atoms with Crippen molar-refractivity contribution in [1.82, 2.24) is 14.6 Å². The van der Waals surface area contributed by atoms with E-state index in [9.17, 15) is 13.2 Å². The van der Waals surface area contributed by atoms with Crippen LogP contribution in [0, 0.1) is 6.92 Å². The van der Waals surface area contributed by atoms with Crippen LogP contribution in [0.2, 0.25) is 0 Å². The van der Waals surface area contributed by atoms with E-state index in [4.69, 9.17) is 4.98 Å². The average molecular weight is 426 g/mol. The van der Waals surface area contributed by atoms with E-state index in [0.717, 1.165) is 27.7 Å². The van der Waals surface area contributed by atoms with Gasteiger partial charge in [-0.05, 0) is 25.5 Å². The highest BCUT2D eigenvalue weighted by Crippen LogP contribution is 2.25. The maximum atomic E-state index is 12.9. The highest BCUT2D eigenvalue weighted by atomic mass is 32.2. The number of rotatable bonds is 8. The van der Waals surface area contributed by atoms with Crippen LogP contribution >= 0.6 is 0 Å². The Hall–Kier alpha value is -2.77. The number of hydrogen-bond acceptors (Lipinski definition) is 4. The van der Waals surface area contributed by atoms with Crippen LogP contribution in [0.15, 0.2) is 54.6 Å². The van der Waals surface area contributed by atoms with E-state index in [1.807, 2.05) is 61.5 Å². The number of carbonyl (C=O) groups excluding carboxylic acids is 1. The number of amides is 1. The lowest BCUT2D eigenvalue weighted by molar-refractivity contribution is 0.0954. The van der Waals surface area contributed by atoms with Crippen LogP contribution in [0.1, 0.15) is 29.3 Å². The Balaban J connectivity index is 1.80. The van der Waals surface area contributed by atoms with Gasteiger partial charge in [0, 0.05) is 30.6 Å². The minimum absolute atomic E-state index is 0.190. The molecule has 0 aliphatic heterocycles. The number of pyridine rings is 1. The predicted octanol–water partition coefficient (Wildman–Crippen LogP) is 3.61. The molecule has 3 aromatic rings. The molecular formula is C23H27N3O3S. The highest BCUT2D eigenvalue weighted by molar-refractivity contribution is 7.88. The molecule has 0 unspecified atom stereocenters. The summed E-state index contributed by atoms with van der Waals surface area (Å²) in [6.45, 7) is 5.01. The summed E-state index contributed by atoms with van der Waals surface area (Å²) in [5.74, 6) is -0.190. The first kappa shape index (κ1) is 21.9. The standard InChI is InChI=1S/C23H27N3O3S/c1-4-26(30(3,28)29)15-7-14-24-23(27)20-16-22(18-12-10-17(2)11-13-18)25-21-9-6-5-8-19(20)21/h5-6,8-13,16H,4,7,14-15H2,1-3H3,(H,24,27). The normalized spacial score (nSPS) is 11.7. The minimum Gasteiger partial charge on any atom is -0.352 e. The summed E-state index contributed by atoms with van der Waals surface area (Å²) in [6, 6.07) is 17.4. The minimum atomic E-state index is -3.22. The first-order valence-electron chi connectivity index (χ1n) is 9.99. The van der Waals surface area contributed by atoms with Crippen LogP contribution < -0.4 is 5.32 Å². The van der Waals surface area contributed by atoms with E-state index < -0.39 is 10.0 Å². The molecule has 0 spiro atoms. The number of carbonyl (C=O) groups is 1. The molecule has 0 fully saturated rings. The van der Waals surface area contributed by atoms with Crippen molar-refractivity contribution in [3.63, 3.8) is 0 Å². The summed E-state index contributed by atoms with van der Waals surface area (Å²) in [5.41, 5.74) is 4.18. The zero-order chi connectivity index (χ0) is 21.7. The molecule has 0 aliphatic carbocycles. The molecule has 158 valence electrons. The van der Waals surface area contributed by atoms with Crippen LogP contribution in [0.4, 0.5) is 0 Å². The molecule has 6 nitrogen and oxygen atoms in total. The second kappa shape index (κ2) is 9.36. The molecule has 30 heavy (non-hydrogen) atoms. The fourth-order valence-electron chi connectivity index (χ4n) is 3.35. The van der Waals surface area contributed by atoms with Gasteiger partial charge < -0.3 is 5.32 Å². The Bertz CT molecular complexity index is 1140. The summed E-state index contributed by atoms with van der Waals surface area (Å²) in [6.07, 6.45) is 1.74. The fourth-order valence-corrected chi connectivity index (χ4v) is 4.28. The zero-order valence-electron chi connectivity index (χ0n) is 17.6. The molecule has 3 rings (SSSR count). The Kier molecular flexibility index (Phi) is 6.84. The lowest BCUT2D eigenvalue weighted by Crippen LogP contribution is -2.33. The van der Waals surface area contributed by atoms with Crippen molar-refractivity contribution >= 4 is 26.8 Å². The largest absolute Gasteiger partial charge is 0.352 e. The zero-order valence-corrected chi connectivity index (χ0v) is 18.4. The van der Waals surface area contributed by atoms with E-state index in [0.29, 0.717) is 31.6 Å². The third kappa shape index (κ3) is 5.23. The molecule has 0 saturated heterocycles. The summed E-state index contributed by atoms with van der Waals surface area (Å²) in [4.78, 5) is 17.7. The van der Waals surface area contributed by atoms with Gasteiger partial charge in [0.15, 0.2) is 0 Å². The number of aryl methyl sites for hydroxylation is 1. The third-order valence-electron chi connectivity index (χ3n) is 5.00. The van der Waals surface area contributed by atoms with Crippen molar-refractivity contribution in [3.8, 4) is 11.3 Å². The maximum absolute atomic E-state index is 12.9. The topological polar surface area (TPSA) is 79.4 Å². The molecule has 1 N–H and O–H groups in total. The Morgan fingerprint density at radius 3 is 2.47 bits per heavy atom. The van der Waals surface area contributed by atoms with Crippen molar-refractivity contribution in [2.45, 2.75) is 20.3 Å². The maximum Gasteiger partial charge on any atom is 0.252 e. The van der Waals surface area contributed by atoms with Gasteiger partial charge in [0.25, 0.3) is 5.91 Å². The van der Waals surface area contributed by atoms with Gasteiger partial charge in [0.1, 0.15) is 0 Å². The Morgan fingerprint density at radius 1 is 1.10 bits per heavy atom. The van der Waals surface area contributed by atoms with E-state index in [1.165, 1.54) is 10.6 Å². The number of benzene rings is 2. The Morgan fingerprint density at radius 2 is 1.80 bits per heavy atom. The molecule has 0 atom stereocenters. The van der Waals surface area contributed by atoms with Crippen LogP contribution in [0.3, 0.4) is 0 Å². The fraction of sp³-hybridized carbons (Fsp3) is 0.304. The molecule has 1 heterocycles. The number of fused-ring (bicyclic) bond motifs is 1. The highest BCUT2D eigenvalue weighted by Gasteiger charge is 2.16. The monoisotopic (exact) mass is 425 g/mol. The van der Waals surface area contributed by atoms with Crippen molar-refractivity contribution in [1.29, 1.82) is 0 Å². The SMILES string of the molecule is CCN(CCCNC(=O)c1cc(-c2ccc(C)cc2)nc2ccccc12)S(C)(=O)=O. The van der Waals surface area contributed by atoms with Gasteiger partial charge >= 0.3 is 0 Å². The molecule has 0 aliphatic rings. The lowest BCUT2D eigenvalue weighted by Gasteiger charge is -2.17. The van der Waals surface area contributed by atoms with Gasteiger partial charge in [-0.2, -0.15) is 0 Å². The predicted molar refractivity (Wildman–Crippen MR) is 121 cm³/mol. The van der Waals surface area contributed by atoms with Gasteiger partial charge in [-0.25, -0.2) is 17.7 Å². The number of hydrogen-bond donors (Lipinski definition) is 1. The quantitative estimate of drug-likeness (QED) is 0.559. The van der Waals surface area contributed by atoms with Gasteiger partial charge in [-0.15, -0.1) is 0 Å². The number of nitrogens with zero attached hydrogens (tertiary/aromatic N) is 2.